The SMILES string of the molecule is C=CCC(C)(C)C(N)CC(=O)OCC. The van der Waals surface area contributed by atoms with Gasteiger partial charge in [0.25, 0.3) is 0 Å². The zero-order chi connectivity index (χ0) is 11.2. The molecule has 0 aromatic heterocycles. The lowest BCUT2D eigenvalue weighted by Gasteiger charge is -2.29. The third kappa shape index (κ3) is 4.42. The number of rotatable bonds is 6. The Morgan fingerprint density at radius 3 is 2.64 bits per heavy atom. The second-order valence-corrected chi connectivity index (χ2v) is 4.10. The predicted octanol–water partition coefficient (Wildman–Crippen LogP) is 1.87. The fraction of sp³-hybridized carbons (Fsp3) is 0.727. The summed E-state index contributed by atoms with van der Waals surface area (Å²) < 4.78 is 4.84. The van der Waals surface area contributed by atoms with E-state index in [2.05, 4.69) is 6.58 Å². The smallest absolute Gasteiger partial charge is 0.307 e. The second kappa shape index (κ2) is 5.81. The molecular weight excluding hydrogens is 178 g/mol. The number of nitrogens with two attached hydrogens (primary N) is 1. The number of carbonyl (C=O) groups is 1. The molecule has 0 aromatic carbocycles. The summed E-state index contributed by atoms with van der Waals surface area (Å²) in [7, 11) is 0. The molecular formula is C11H21NO2. The first-order valence-electron chi connectivity index (χ1n) is 4.96. The number of esters is 1. The number of allylic oxidation sites excluding steroid dienone is 1. The van der Waals surface area contributed by atoms with Crippen molar-refractivity contribution >= 4 is 5.97 Å². The van der Waals surface area contributed by atoms with E-state index in [0.717, 1.165) is 6.42 Å². The monoisotopic (exact) mass is 199 g/mol. The predicted molar refractivity (Wildman–Crippen MR) is 57.8 cm³/mol. The summed E-state index contributed by atoms with van der Waals surface area (Å²) in [6.45, 7) is 9.92. The highest BCUT2D eigenvalue weighted by Crippen LogP contribution is 2.26. The van der Waals surface area contributed by atoms with Crippen molar-refractivity contribution in [3.8, 4) is 0 Å². The molecule has 0 fully saturated rings. The van der Waals surface area contributed by atoms with E-state index >= 15 is 0 Å². The third-order valence-electron chi connectivity index (χ3n) is 2.37. The lowest BCUT2D eigenvalue weighted by molar-refractivity contribution is -0.144. The van der Waals surface area contributed by atoms with Gasteiger partial charge in [0.1, 0.15) is 0 Å². The number of hydrogen-bond acceptors (Lipinski definition) is 3. The Morgan fingerprint density at radius 2 is 2.21 bits per heavy atom. The molecule has 0 rings (SSSR count). The van der Waals surface area contributed by atoms with Crippen LogP contribution in [0.5, 0.6) is 0 Å². The van der Waals surface area contributed by atoms with E-state index < -0.39 is 0 Å². The van der Waals surface area contributed by atoms with Crippen molar-refractivity contribution in [1.82, 2.24) is 0 Å². The summed E-state index contributed by atoms with van der Waals surface area (Å²) >= 11 is 0. The summed E-state index contributed by atoms with van der Waals surface area (Å²) in [6.07, 6.45) is 2.90. The van der Waals surface area contributed by atoms with Gasteiger partial charge in [-0.1, -0.05) is 19.9 Å². The van der Waals surface area contributed by atoms with E-state index in [1.807, 2.05) is 19.9 Å². The van der Waals surface area contributed by atoms with E-state index in [1.54, 1.807) is 6.92 Å². The first-order valence-corrected chi connectivity index (χ1v) is 4.96. The minimum Gasteiger partial charge on any atom is -0.466 e. The van der Waals surface area contributed by atoms with E-state index in [-0.39, 0.29) is 23.8 Å². The standard InChI is InChI=1S/C11H21NO2/c1-5-7-11(3,4)9(12)8-10(13)14-6-2/h5,9H,1,6-8,12H2,2-4H3. The summed E-state index contributed by atoms with van der Waals surface area (Å²) in [5.74, 6) is -0.225. The van der Waals surface area contributed by atoms with Crippen molar-refractivity contribution in [2.24, 2.45) is 11.1 Å². The van der Waals surface area contributed by atoms with Crippen molar-refractivity contribution in [3.63, 3.8) is 0 Å². The molecule has 1 unspecified atom stereocenters. The van der Waals surface area contributed by atoms with Gasteiger partial charge in [-0.05, 0) is 18.8 Å². The highest BCUT2D eigenvalue weighted by atomic mass is 16.5. The highest BCUT2D eigenvalue weighted by Gasteiger charge is 2.27. The van der Waals surface area contributed by atoms with Crippen molar-refractivity contribution < 1.29 is 9.53 Å². The molecule has 0 heterocycles. The third-order valence-corrected chi connectivity index (χ3v) is 2.37. The minimum atomic E-state index is -0.225. The van der Waals surface area contributed by atoms with Crippen LogP contribution in [0.1, 0.15) is 33.6 Å². The molecule has 0 amide bonds. The summed E-state index contributed by atoms with van der Waals surface area (Å²) in [5.41, 5.74) is 5.82. The number of carbonyl (C=O) groups excluding carboxylic acids is 1. The Hall–Kier alpha value is -0.830. The van der Waals surface area contributed by atoms with E-state index in [0.29, 0.717) is 6.61 Å². The fourth-order valence-corrected chi connectivity index (χ4v) is 1.20. The van der Waals surface area contributed by atoms with Crippen molar-refractivity contribution in [1.29, 1.82) is 0 Å². The Balaban J connectivity index is 4.11. The van der Waals surface area contributed by atoms with Crippen LogP contribution in [0, 0.1) is 5.41 Å². The molecule has 0 aliphatic heterocycles. The summed E-state index contributed by atoms with van der Waals surface area (Å²) in [5, 5.41) is 0. The summed E-state index contributed by atoms with van der Waals surface area (Å²) in [4.78, 5) is 11.2. The molecule has 0 radical (unpaired) electrons. The number of ether oxygens (including phenoxy) is 1. The molecule has 1 atom stereocenters. The van der Waals surface area contributed by atoms with Crippen molar-refractivity contribution in [3.05, 3.63) is 12.7 Å². The Morgan fingerprint density at radius 1 is 1.64 bits per heavy atom. The van der Waals surface area contributed by atoms with Crippen LogP contribution in [0.4, 0.5) is 0 Å². The van der Waals surface area contributed by atoms with Gasteiger partial charge in [0.05, 0.1) is 13.0 Å². The van der Waals surface area contributed by atoms with Gasteiger partial charge in [-0.2, -0.15) is 0 Å². The average molecular weight is 199 g/mol. The maximum Gasteiger partial charge on any atom is 0.307 e. The molecule has 3 heteroatoms. The van der Waals surface area contributed by atoms with Crippen LogP contribution in [0.25, 0.3) is 0 Å². The Bertz CT molecular complexity index is 199. The lowest BCUT2D eigenvalue weighted by Crippen LogP contribution is -2.39. The first-order chi connectivity index (χ1) is 6.44. The first kappa shape index (κ1) is 13.2. The van der Waals surface area contributed by atoms with Gasteiger partial charge in [0.15, 0.2) is 0 Å². The Kier molecular flexibility index (Phi) is 5.46. The lowest BCUT2D eigenvalue weighted by atomic mass is 9.80. The topological polar surface area (TPSA) is 52.3 Å². The maximum absolute atomic E-state index is 11.2. The van der Waals surface area contributed by atoms with Gasteiger partial charge in [0.2, 0.25) is 0 Å². The maximum atomic E-state index is 11.2. The zero-order valence-corrected chi connectivity index (χ0v) is 9.38. The van der Waals surface area contributed by atoms with Crippen LogP contribution in [0.15, 0.2) is 12.7 Å². The molecule has 0 aliphatic carbocycles. The quantitative estimate of drug-likeness (QED) is 0.525. The van der Waals surface area contributed by atoms with E-state index in [1.165, 1.54) is 0 Å². The molecule has 14 heavy (non-hydrogen) atoms. The van der Waals surface area contributed by atoms with Crippen LogP contribution in [-0.2, 0) is 9.53 Å². The molecule has 0 saturated carbocycles. The second-order valence-electron chi connectivity index (χ2n) is 4.10. The van der Waals surface area contributed by atoms with Crippen molar-refractivity contribution in [2.75, 3.05) is 6.61 Å². The van der Waals surface area contributed by atoms with E-state index in [4.69, 9.17) is 10.5 Å². The minimum absolute atomic E-state index is 0.103. The fourth-order valence-electron chi connectivity index (χ4n) is 1.20. The van der Waals surface area contributed by atoms with E-state index in [9.17, 15) is 4.79 Å². The van der Waals surface area contributed by atoms with Crippen molar-refractivity contribution in [2.45, 2.75) is 39.7 Å². The van der Waals surface area contributed by atoms with Gasteiger partial charge < -0.3 is 10.5 Å². The largest absolute Gasteiger partial charge is 0.466 e. The molecule has 2 N–H and O–H groups in total. The van der Waals surface area contributed by atoms with Gasteiger partial charge in [-0.25, -0.2) is 0 Å². The molecule has 3 nitrogen and oxygen atoms in total. The average Bonchev–Trinajstić information content (AvgIpc) is 2.04. The van der Waals surface area contributed by atoms with Crippen LogP contribution >= 0.6 is 0 Å². The number of hydrogen-bond donors (Lipinski definition) is 1. The van der Waals surface area contributed by atoms with Gasteiger partial charge in [-0.3, -0.25) is 4.79 Å². The van der Waals surface area contributed by atoms with Gasteiger partial charge in [-0.15, -0.1) is 6.58 Å². The van der Waals surface area contributed by atoms with Crippen LogP contribution in [0.3, 0.4) is 0 Å². The molecule has 0 saturated heterocycles. The van der Waals surface area contributed by atoms with Crippen LogP contribution in [0.2, 0.25) is 0 Å². The zero-order valence-electron chi connectivity index (χ0n) is 9.38. The van der Waals surface area contributed by atoms with Crippen LogP contribution < -0.4 is 5.73 Å². The molecule has 0 bridgehead atoms. The molecule has 0 aliphatic rings. The Labute approximate surface area is 86.3 Å². The van der Waals surface area contributed by atoms with Gasteiger partial charge >= 0.3 is 5.97 Å². The molecule has 82 valence electrons. The van der Waals surface area contributed by atoms with Crippen LogP contribution in [-0.4, -0.2) is 18.6 Å². The van der Waals surface area contributed by atoms with Gasteiger partial charge in [0, 0.05) is 6.04 Å². The molecule has 0 spiro atoms. The molecule has 0 aromatic rings. The summed E-state index contributed by atoms with van der Waals surface area (Å²) in [6, 6.07) is -0.181. The highest BCUT2D eigenvalue weighted by molar-refractivity contribution is 5.70. The normalized spacial score (nSPS) is 13.4.